The van der Waals surface area contributed by atoms with Gasteiger partial charge < -0.3 is 10.8 Å². The molecule has 86 valence electrons. The average Bonchev–Trinajstić information content (AvgIpc) is 2.09. The fraction of sp³-hybridized carbons (Fsp3) is 0.250. The number of hydrogen-bond donors (Lipinski definition) is 2. The Hall–Kier alpha value is -0.650. The van der Waals surface area contributed by atoms with Crippen LogP contribution in [0.1, 0.15) is 11.6 Å². The molecule has 0 spiro atoms. The molecule has 0 saturated heterocycles. The monoisotopic (exact) mass is 261 g/mol. The number of hydrogen-bond acceptors (Lipinski definition) is 2. The summed E-state index contributed by atoms with van der Waals surface area (Å²) >= 11 is 5.42. The zero-order chi connectivity index (χ0) is 10.9. The fourth-order valence-corrected chi connectivity index (χ4v) is 1.19. The van der Waals surface area contributed by atoms with E-state index in [4.69, 9.17) is 22.4 Å². The van der Waals surface area contributed by atoms with Crippen LogP contribution in [0.15, 0.2) is 12.1 Å². The lowest BCUT2D eigenvalue weighted by atomic mass is 10.1. The first-order valence-corrected chi connectivity index (χ1v) is 4.03. The molecule has 0 aromatic heterocycles. The summed E-state index contributed by atoms with van der Waals surface area (Å²) in [6, 6.07) is 0.0817. The summed E-state index contributed by atoms with van der Waals surface area (Å²) in [6.07, 6.45) is -2.89. The lowest BCUT2D eigenvalue weighted by Gasteiger charge is -2.13. The Balaban J connectivity index is 0.00000196. The molecule has 0 heterocycles. The molecule has 0 fully saturated rings. The van der Waals surface area contributed by atoms with Crippen LogP contribution >= 0.6 is 24.0 Å². The zero-order valence-electron chi connectivity index (χ0n) is 7.25. The minimum absolute atomic E-state index is 0. The molecule has 0 amide bonds. The van der Waals surface area contributed by atoms with Crippen molar-refractivity contribution >= 4 is 24.0 Å². The van der Waals surface area contributed by atoms with Crippen LogP contribution in [0, 0.1) is 5.82 Å². The molecule has 0 bridgehead atoms. The predicted molar refractivity (Wildman–Crippen MR) is 53.3 cm³/mol. The number of rotatable bonds is 2. The van der Waals surface area contributed by atoms with Crippen molar-refractivity contribution in [1.82, 2.24) is 0 Å². The molecule has 15 heavy (non-hydrogen) atoms. The molecule has 0 saturated carbocycles. The molecule has 7 heteroatoms. The third-order valence-corrected chi connectivity index (χ3v) is 1.91. The lowest BCUT2D eigenvalue weighted by Crippen LogP contribution is -2.19. The van der Waals surface area contributed by atoms with Gasteiger partial charge in [0.2, 0.25) is 0 Å². The Morgan fingerprint density at radius 2 is 1.87 bits per heavy atom. The van der Waals surface area contributed by atoms with Crippen LogP contribution in [-0.4, -0.2) is 11.5 Å². The number of alkyl halides is 2. The number of aromatic hydroxyl groups is 1. The number of phenolic OH excluding ortho intramolecular Hbond substituents is 1. The van der Waals surface area contributed by atoms with Crippen molar-refractivity contribution in [1.29, 1.82) is 0 Å². The minimum atomic E-state index is -2.89. The van der Waals surface area contributed by atoms with E-state index in [0.717, 1.165) is 12.1 Å². The Bertz CT molecular complexity index is 349. The van der Waals surface area contributed by atoms with Crippen molar-refractivity contribution in [3.8, 4) is 5.75 Å². The van der Waals surface area contributed by atoms with Gasteiger partial charge in [-0.05, 0) is 12.1 Å². The van der Waals surface area contributed by atoms with E-state index >= 15 is 0 Å². The van der Waals surface area contributed by atoms with Gasteiger partial charge in [0.05, 0.1) is 6.04 Å². The van der Waals surface area contributed by atoms with Crippen LogP contribution in [0.4, 0.5) is 13.2 Å². The number of benzene rings is 1. The largest absolute Gasteiger partial charge is 0.505 e. The lowest BCUT2D eigenvalue weighted by molar-refractivity contribution is 0.115. The molecule has 1 aromatic carbocycles. The van der Waals surface area contributed by atoms with E-state index in [9.17, 15) is 13.2 Å². The molecule has 0 radical (unpaired) electrons. The highest BCUT2D eigenvalue weighted by Crippen LogP contribution is 2.31. The van der Waals surface area contributed by atoms with Gasteiger partial charge in [-0.15, -0.1) is 12.4 Å². The summed E-state index contributed by atoms with van der Waals surface area (Å²) in [4.78, 5) is 0. The number of phenols is 1. The Morgan fingerprint density at radius 1 is 1.33 bits per heavy atom. The van der Waals surface area contributed by atoms with Gasteiger partial charge in [-0.2, -0.15) is 0 Å². The van der Waals surface area contributed by atoms with Crippen LogP contribution in [0.2, 0.25) is 5.02 Å². The van der Waals surface area contributed by atoms with E-state index < -0.39 is 29.6 Å². The van der Waals surface area contributed by atoms with Crippen LogP contribution in [0.3, 0.4) is 0 Å². The molecule has 1 rings (SSSR count). The first-order chi connectivity index (χ1) is 6.43. The highest BCUT2D eigenvalue weighted by Gasteiger charge is 2.23. The highest BCUT2D eigenvalue weighted by molar-refractivity contribution is 6.30. The van der Waals surface area contributed by atoms with E-state index in [0.29, 0.717) is 0 Å². The van der Waals surface area contributed by atoms with Gasteiger partial charge in [-0.1, -0.05) is 11.6 Å². The smallest absolute Gasteiger partial charge is 0.257 e. The molecule has 0 unspecified atom stereocenters. The van der Waals surface area contributed by atoms with Gasteiger partial charge in [0.15, 0.2) is 11.6 Å². The van der Waals surface area contributed by atoms with Crippen LogP contribution < -0.4 is 5.73 Å². The number of halogens is 5. The van der Waals surface area contributed by atoms with Crippen LogP contribution in [0.25, 0.3) is 0 Å². The second-order valence-electron chi connectivity index (χ2n) is 2.69. The normalized spacial score (nSPS) is 12.4. The van der Waals surface area contributed by atoms with Crippen molar-refractivity contribution in [2.24, 2.45) is 5.73 Å². The summed E-state index contributed by atoms with van der Waals surface area (Å²) in [5.41, 5.74) is 4.64. The Morgan fingerprint density at radius 3 is 2.33 bits per heavy atom. The van der Waals surface area contributed by atoms with Gasteiger partial charge in [-0.25, -0.2) is 13.2 Å². The molecule has 1 atom stereocenters. The molecule has 1 aromatic rings. The summed E-state index contributed by atoms with van der Waals surface area (Å²) in [6.45, 7) is 0. The van der Waals surface area contributed by atoms with E-state index in [1.165, 1.54) is 0 Å². The van der Waals surface area contributed by atoms with Crippen molar-refractivity contribution in [2.75, 3.05) is 0 Å². The maximum absolute atomic E-state index is 12.8. The third-order valence-electron chi connectivity index (χ3n) is 1.69. The van der Waals surface area contributed by atoms with Crippen molar-refractivity contribution in [3.63, 3.8) is 0 Å². The number of nitrogens with two attached hydrogens (primary N) is 1. The summed E-state index contributed by atoms with van der Waals surface area (Å²) in [5, 5.41) is 9.00. The fourth-order valence-electron chi connectivity index (χ4n) is 0.976. The third kappa shape index (κ3) is 3.15. The van der Waals surface area contributed by atoms with Crippen LogP contribution in [0.5, 0.6) is 5.75 Å². The summed E-state index contributed by atoms with van der Waals surface area (Å²) in [5.74, 6) is -1.95. The van der Waals surface area contributed by atoms with Gasteiger partial charge in [0.25, 0.3) is 6.43 Å². The predicted octanol–water partition coefficient (Wildman–Crippen LogP) is 2.87. The summed E-state index contributed by atoms with van der Waals surface area (Å²) in [7, 11) is 0. The maximum Gasteiger partial charge on any atom is 0.257 e. The first kappa shape index (κ1) is 14.3. The van der Waals surface area contributed by atoms with E-state index in [-0.39, 0.29) is 17.4 Å². The van der Waals surface area contributed by atoms with E-state index in [2.05, 4.69) is 0 Å². The summed E-state index contributed by atoms with van der Waals surface area (Å²) < 4.78 is 37.1. The van der Waals surface area contributed by atoms with E-state index in [1.54, 1.807) is 0 Å². The molecule has 0 aliphatic heterocycles. The topological polar surface area (TPSA) is 46.2 Å². The Kier molecular flexibility index (Phi) is 5.20. The van der Waals surface area contributed by atoms with Crippen molar-refractivity contribution in [2.45, 2.75) is 12.5 Å². The SMILES string of the molecule is Cl.N[C@H](c1cc(Cl)cc(F)c1O)C(F)F. The van der Waals surface area contributed by atoms with Gasteiger partial charge in [0.1, 0.15) is 0 Å². The standard InChI is InChI=1S/C8H7ClF3NO.ClH/c9-3-1-4(6(13)8(11)12)7(14)5(10)2-3;/h1-2,6,8,14H,13H2;1H/t6-;/m1./s1. The van der Waals surface area contributed by atoms with Crippen LogP contribution in [-0.2, 0) is 0 Å². The van der Waals surface area contributed by atoms with Crippen molar-refractivity contribution < 1.29 is 18.3 Å². The quantitative estimate of drug-likeness (QED) is 0.860. The molecule has 0 aliphatic carbocycles. The van der Waals surface area contributed by atoms with E-state index in [1.807, 2.05) is 0 Å². The Labute approximate surface area is 95.2 Å². The average molecular weight is 262 g/mol. The zero-order valence-corrected chi connectivity index (χ0v) is 8.83. The molecule has 0 aliphatic rings. The first-order valence-electron chi connectivity index (χ1n) is 3.65. The minimum Gasteiger partial charge on any atom is -0.505 e. The maximum atomic E-state index is 12.8. The second kappa shape index (κ2) is 5.44. The van der Waals surface area contributed by atoms with Gasteiger partial charge >= 0.3 is 0 Å². The highest BCUT2D eigenvalue weighted by atomic mass is 35.5. The molecule has 2 nitrogen and oxygen atoms in total. The van der Waals surface area contributed by atoms with Gasteiger partial charge in [0, 0.05) is 10.6 Å². The van der Waals surface area contributed by atoms with Gasteiger partial charge in [-0.3, -0.25) is 0 Å². The molecular weight excluding hydrogens is 254 g/mol. The second-order valence-corrected chi connectivity index (χ2v) is 3.12. The van der Waals surface area contributed by atoms with Crippen molar-refractivity contribution in [3.05, 3.63) is 28.5 Å². The molecule has 3 N–H and O–H groups in total. The molecular formula is C8H8Cl2F3NO.